The number of carbonyl (C=O) groups excluding carboxylic acids is 1. The van der Waals surface area contributed by atoms with E-state index in [1.54, 1.807) is 10.9 Å². The van der Waals surface area contributed by atoms with Gasteiger partial charge in [-0.1, -0.05) is 18.2 Å². The molecule has 0 aliphatic carbocycles. The Balaban J connectivity index is 1.69. The average molecular weight is 315 g/mol. The molecule has 23 heavy (non-hydrogen) atoms. The molecule has 0 unspecified atom stereocenters. The third-order valence-corrected chi connectivity index (χ3v) is 3.44. The van der Waals surface area contributed by atoms with E-state index in [0.717, 1.165) is 11.3 Å². The van der Waals surface area contributed by atoms with Crippen molar-refractivity contribution < 1.29 is 14.7 Å². The van der Waals surface area contributed by atoms with E-state index >= 15 is 0 Å². The van der Waals surface area contributed by atoms with Gasteiger partial charge < -0.3 is 10.4 Å². The minimum absolute atomic E-state index is 0.0206. The maximum atomic E-state index is 11.7. The smallest absolute Gasteiger partial charge is 0.303 e. The lowest BCUT2D eigenvalue weighted by Gasteiger charge is -2.03. The Morgan fingerprint density at radius 1 is 1.13 bits per heavy atom. The molecule has 1 aromatic heterocycles. The number of carboxylic acid groups (broad SMARTS) is 1. The largest absolute Gasteiger partial charge is 0.481 e. The van der Waals surface area contributed by atoms with E-state index in [4.69, 9.17) is 5.11 Å². The van der Waals surface area contributed by atoms with Crippen LogP contribution in [0.5, 0.6) is 0 Å². The number of nitrogens with zero attached hydrogens (tertiary/aromatic N) is 2. The molecule has 1 heterocycles. The summed E-state index contributed by atoms with van der Waals surface area (Å²) in [7, 11) is 0. The minimum atomic E-state index is -0.799. The van der Waals surface area contributed by atoms with Gasteiger partial charge in [-0.3, -0.25) is 9.59 Å². The van der Waals surface area contributed by atoms with E-state index in [1.165, 1.54) is 0 Å². The Kier molecular flexibility index (Phi) is 6.35. The van der Waals surface area contributed by atoms with Crippen molar-refractivity contribution >= 4 is 11.9 Å². The lowest BCUT2D eigenvalue weighted by atomic mass is 10.2. The standard InChI is InChI=1S/C17H21N3O3/c21-16(18-11-5-4-8-17(22)23)10-9-14-12-19-20(13-14)15-6-2-1-3-7-15/h1-3,6-7,12-13H,4-5,8-11H2,(H,18,21)(H,22,23). The number of rotatable bonds is 9. The highest BCUT2D eigenvalue weighted by Crippen LogP contribution is 2.09. The van der Waals surface area contributed by atoms with Crippen LogP contribution in [-0.2, 0) is 16.0 Å². The third kappa shape index (κ3) is 5.94. The molecule has 2 aromatic rings. The van der Waals surface area contributed by atoms with Crippen molar-refractivity contribution in [1.29, 1.82) is 0 Å². The van der Waals surface area contributed by atoms with Gasteiger partial charge in [0, 0.05) is 25.6 Å². The van der Waals surface area contributed by atoms with Crippen LogP contribution in [0.4, 0.5) is 0 Å². The number of aliphatic carboxylic acids is 1. The van der Waals surface area contributed by atoms with E-state index in [-0.39, 0.29) is 12.3 Å². The second kappa shape index (κ2) is 8.73. The Hall–Kier alpha value is -2.63. The number of amides is 1. The third-order valence-electron chi connectivity index (χ3n) is 3.44. The van der Waals surface area contributed by atoms with E-state index in [9.17, 15) is 9.59 Å². The fraction of sp³-hybridized carbons (Fsp3) is 0.353. The molecule has 0 radical (unpaired) electrons. The van der Waals surface area contributed by atoms with Crippen LogP contribution >= 0.6 is 0 Å². The van der Waals surface area contributed by atoms with Crippen LogP contribution in [0, 0.1) is 0 Å². The molecule has 1 amide bonds. The van der Waals surface area contributed by atoms with Gasteiger partial charge in [0.15, 0.2) is 0 Å². The highest BCUT2D eigenvalue weighted by atomic mass is 16.4. The Morgan fingerprint density at radius 3 is 2.65 bits per heavy atom. The van der Waals surface area contributed by atoms with Gasteiger partial charge in [-0.15, -0.1) is 0 Å². The highest BCUT2D eigenvalue weighted by molar-refractivity contribution is 5.76. The van der Waals surface area contributed by atoms with E-state index in [2.05, 4.69) is 10.4 Å². The molecule has 0 spiro atoms. The molecule has 2 N–H and O–H groups in total. The Bertz CT molecular complexity index is 638. The molecule has 0 fully saturated rings. The van der Waals surface area contributed by atoms with Crippen LogP contribution in [0.15, 0.2) is 42.7 Å². The van der Waals surface area contributed by atoms with Crippen molar-refractivity contribution in [1.82, 2.24) is 15.1 Å². The number of aromatic nitrogens is 2. The van der Waals surface area contributed by atoms with Crippen molar-refractivity contribution in [3.8, 4) is 5.69 Å². The second-order valence-electron chi connectivity index (χ2n) is 5.33. The van der Waals surface area contributed by atoms with Gasteiger partial charge in [0.1, 0.15) is 0 Å². The summed E-state index contributed by atoms with van der Waals surface area (Å²) in [5.74, 6) is -0.820. The summed E-state index contributed by atoms with van der Waals surface area (Å²) in [4.78, 5) is 22.1. The van der Waals surface area contributed by atoms with Crippen LogP contribution in [0.3, 0.4) is 0 Å². The summed E-state index contributed by atoms with van der Waals surface area (Å²) in [6.07, 6.45) is 6.15. The number of para-hydroxylation sites is 1. The molecular weight excluding hydrogens is 294 g/mol. The topological polar surface area (TPSA) is 84.2 Å². The quantitative estimate of drug-likeness (QED) is 0.695. The lowest BCUT2D eigenvalue weighted by Crippen LogP contribution is -2.24. The molecule has 6 heteroatoms. The zero-order chi connectivity index (χ0) is 16.5. The van der Waals surface area contributed by atoms with E-state index in [0.29, 0.717) is 32.2 Å². The molecule has 0 atom stereocenters. The van der Waals surface area contributed by atoms with Crippen LogP contribution in [0.1, 0.15) is 31.2 Å². The molecule has 0 saturated carbocycles. The van der Waals surface area contributed by atoms with Crippen LogP contribution in [-0.4, -0.2) is 33.3 Å². The molecule has 1 aromatic carbocycles. The summed E-state index contributed by atoms with van der Waals surface area (Å²) in [6.45, 7) is 0.523. The van der Waals surface area contributed by atoms with Crippen molar-refractivity contribution in [3.05, 3.63) is 48.3 Å². The molecule has 0 aliphatic rings. The normalized spacial score (nSPS) is 10.4. The van der Waals surface area contributed by atoms with Gasteiger partial charge >= 0.3 is 5.97 Å². The molecule has 0 aliphatic heterocycles. The van der Waals surface area contributed by atoms with Crippen LogP contribution in [0.2, 0.25) is 0 Å². The van der Waals surface area contributed by atoms with Crippen LogP contribution < -0.4 is 5.32 Å². The fourth-order valence-corrected chi connectivity index (χ4v) is 2.19. The van der Waals surface area contributed by atoms with Crippen molar-refractivity contribution in [2.45, 2.75) is 32.1 Å². The van der Waals surface area contributed by atoms with Crippen LogP contribution in [0.25, 0.3) is 5.69 Å². The maximum Gasteiger partial charge on any atom is 0.303 e. The first-order valence-electron chi connectivity index (χ1n) is 7.72. The highest BCUT2D eigenvalue weighted by Gasteiger charge is 2.05. The zero-order valence-corrected chi connectivity index (χ0v) is 12.9. The second-order valence-corrected chi connectivity index (χ2v) is 5.33. The van der Waals surface area contributed by atoms with Crippen molar-refractivity contribution in [3.63, 3.8) is 0 Å². The summed E-state index contributed by atoms with van der Waals surface area (Å²) in [5, 5.41) is 15.6. The van der Waals surface area contributed by atoms with Gasteiger partial charge in [-0.2, -0.15) is 5.10 Å². The number of hydrogen-bond donors (Lipinski definition) is 2. The van der Waals surface area contributed by atoms with Crippen molar-refractivity contribution in [2.24, 2.45) is 0 Å². The molecule has 0 bridgehead atoms. The van der Waals surface area contributed by atoms with E-state index in [1.807, 2.05) is 36.5 Å². The molecule has 0 saturated heterocycles. The Labute approximate surface area is 135 Å². The van der Waals surface area contributed by atoms with Gasteiger partial charge in [0.25, 0.3) is 0 Å². The molecule has 122 valence electrons. The van der Waals surface area contributed by atoms with Gasteiger partial charge in [0.05, 0.1) is 11.9 Å². The molecule has 2 rings (SSSR count). The fourth-order valence-electron chi connectivity index (χ4n) is 2.19. The zero-order valence-electron chi connectivity index (χ0n) is 12.9. The first-order valence-corrected chi connectivity index (χ1v) is 7.72. The number of carboxylic acids is 1. The SMILES string of the molecule is O=C(O)CCCCNC(=O)CCc1cnn(-c2ccccc2)c1. The number of benzene rings is 1. The summed E-state index contributed by atoms with van der Waals surface area (Å²) >= 11 is 0. The maximum absolute atomic E-state index is 11.7. The summed E-state index contributed by atoms with van der Waals surface area (Å²) < 4.78 is 1.79. The molecular formula is C17H21N3O3. The predicted molar refractivity (Wildman–Crippen MR) is 86.4 cm³/mol. The lowest BCUT2D eigenvalue weighted by molar-refractivity contribution is -0.137. The number of carbonyl (C=O) groups is 2. The monoisotopic (exact) mass is 315 g/mol. The first kappa shape index (κ1) is 16.7. The summed E-state index contributed by atoms with van der Waals surface area (Å²) in [6, 6.07) is 9.80. The van der Waals surface area contributed by atoms with Crippen molar-refractivity contribution in [2.75, 3.05) is 6.54 Å². The summed E-state index contributed by atoms with van der Waals surface area (Å²) in [5.41, 5.74) is 2.00. The van der Waals surface area contributed by atoms with Gasteiger partial charge in [-0.05, 0) is 37.0 Å². The van der Waals surface area contributed by atoms with Gasteiger partial charge in [-0.25, -0.2) is 4.68 Å². The minimum Gasteiger partial charge on any atom is -0.481 e. The molecule has 6 nitrogen and oxygen atoms in total. The van der Waals surface area contributed by atoms with E-state index < -0.39 is 5.97 Å². The Morgan fingerprint density at radius 2 is 1.91 bits per heavy atom. The average Bonchev–Trinajstić information content (AvgIpc) is 3.02. The first-order chi connectivity index (χ1) is 11.1. The number of aryl methyl sites for hydroxylation is 1. The predicted octanol–water partition coefficient (Wildman–Crippen LogP) is 2.18. The van der Waals surface area contributed by atoms with Gasteiger partial charge in [0.2, 0.25) is 5.91 Å². The number of unbranched alkanes of at least 4 members (excludes halogenated alkanes) is 1. The number of hydrogen-bond acceptors (Lipinski definition) is 3. The number of nitrogens with one attached hydrogen (secondary N) is 1.